The molecule has 1 saturated heterocycles. The second kappa shape index (κ2) is 13.7. The highest BCUT2D eigenvalue weighted by molar-refractivity contribution is 7.92. The lowest BCUT2D eigenvalue weighted by atomic mass is 10.1. The SMILES string of the molecule is CC(C)Oc1cc2c(cc1N/C1=N/C(Nc3ccccc3S(=O)(=O)C(C)C)=C(Cl)\C=C/CCC1)C(=O)N([C@@H]1CCCNC1)C2. The van der Waals surface area contributed by atoms with Gasteiger partial charge < -0.3 is 25.6 Å². The molecule has 3 N–H and O–H groups in total. The molecule has 0 saturated carbocycles. The minimum Gasteiger partial charge on any atom is -0.489 e. The molecule has 44 heavy (non-hydrogen) atoms. The van der Waals surface area contributed by atoms with Crippen LogP contribution in [0.4, 0.5) is 11.4 Å². The van der Waals surface area contributed by atoms with Crippen molar-refractivity contribution in [2.24, 2.45) is 4.99 Å². The lowest BCUT2D eigenvalue weighted by Crippen LogP contribution is -2.46. The third kappa shape index (κ3) is 7.14. The third-order valence-corrected chi connectivity index (χ3v) is 10.5. The molecule has 3 aliphatic heterocycles. The number of anilines is 2. The molecule has 1 atom stereocenters. The number of halogens is 1. The quantitative estimate of drug-likeness (QED) is 0.305. The summed E-state index contributed by atoms with van der Waals surface area (Å²) < 4.78 is 32.5. The van der Waals surface area contributed by atoms with E-state index in [2.05, 4.69) is 16.0 Å². The number of sulfone groups is 1. The van der Waals surface area contributed by atoms with Crippen molar-refractivity contribution in [1.29, 1.82) is 0 Å². The van der Waals surface area contributed by atoms with Crippen LogP contribution in [0.15, 0.2) is 69.3 Å². The van der Waals surface area contributed by atoms with Gasteiger partial charge in [0.05, 0.1) is 32.7 Å². The van der Waals surface area contributed by atoms with Gasteiger partial charge in [-0.25, -0.2) is 13.4 Å². The van der Waals surface area contributed by atoms with Gasteiger partial charge in [-0.1, -0.05) is 29.8 Å². The molecule has 5 rings (SSSR count). The maximum atomic E-state index is 13.6. The Morgan fingerprint density at radius 3 is 2.61 bits per heavy atom. The fourth-order valence-electron chi connectivity index (χ4n) is 5.64. The Kier molecular flexibility index (Phi) is 10.0. The first kappa shape index (κ1) is 32.1. The second-order valence-corrected chi connectivity index (χ2v) is 14.9. The summed E-state index contributed by atoms with van der Waals surface area (Å²) in [7, 11) is -3.57. The summed E-state index contributed by atoms with van der Waals surface area (Å²) >= 11 is 6.73. The highest BCUT2D eigenvalue weighted by Crippen LogP contribution is 2.36. The van der Waals surface area contributed by atoms with Crippen LogP contribution in [-0.4, -0.2) is 55.5 Å². The number of amides is 1. The summed E-state index contributed by atoms with van der Waals surface area (Å²) in [5.41, 5.74) is 2.67. The maximum Gasteiger partial charge on any atom is 0.254 e. The van der Waals surface area contributed by atoms with Crippen LogP contribution in [0.2, 0.25) is 0 Å². The molecule has 11 heteroatoms. The van der Waals surface area contributed by atoms with Crippen LogP contribution in [0.5, 0.6) is 5.75 Å². The Morgan fingerprint density at radius 1 is 1.09 bits per heavy atom. The molecule has 2 aromatic carbocycles. The van der Waals surface area contributed by atoms with Crippen LogP contribution in [0.3, 0.4) is 0 Å². The van der Waals surface area contributed by atoms with Crippen molar-refractivity contribution in [2.45, 2.75) is 88.6 Å². The Bertz CT molecular complexity index is 1590. The van der Waals surface area contributed by atoms with E-state index < -0.39 is 15.1 Å². The van der Waals surface area contributed by atoms with Gasteiger partial charge in [0.25, 0.3) is 5.91 Å². The van der Waals surface area contributed by atoms with E-state index in [1.165, 1.54) is 0 Å². The average Bonchev–Trinajstić information content (AvgIpc) is 3.34. The van der Waals surface area contributed by atoms with Gasteiger partial charge in [0.2, 0.25) is 0 Å². The molecule has 0 radical (unpaired) electrons. The lowest BCUT2D eigenvalue weighted by Gasteiger charge is -2.31. The van der Waals surface area contributed by atoms with Crippen molar-refractivity contribution >= 4 is 44.6 Å². The van der Waals surface area contributed by atoms with Crippen LogP contribution in [0.25, 0.3) is 0 Å². The van der Waals surface area contributed by atoms with Crippen molar-refractivity contribution < 1.29 is 17.9 Å². The lowest BCUT2D eigenvalue weighted by molar-refractivity contribution is 0.0674. The van der Waals surface area contributed by atoms with Crippen molar-refractivity contribution in [1.82, 2.24) is 10.2 Å². The minimum atomic E-state index is -3.57. The van der Waals surface area contributed by atoms with Crippen LogP contribution in [0, 0.1) is 0 Å². The van der Waals surface area contributed by atoms with Gasteiger partial charge in [0.15, 0.2) is 15.7 Å². The van der Waals surface area contributed by atoms with E-state index >= 15 is 0 Å². The number of nitrogens with zero attached hydrogens (tertiary/aromatic N) is 2. The largest absolute Gasteiger partial charge is 0.489 e. The Hall–Kier alpha value is -3.34. The molecular formula is C33H42ClN5O4S. The summed E-state index contributed by atoms with van der Waals surface area (Å²) in [5.74, 6) is 1.61. The predicted octanol–water partition coefficient (Wildman–Crippen LogP) is 6.43. The van der Waals surface area contributed by atoms with Gasteiger partial charge >= 0.3 is 0 Å². The van der Waals surface area contributed by atoms with Gasteiger partial charge in [-0.3, -0.25) is 4.79 Å². The van der Waals surface area contributed by atoms with Gasteiger partial charge in [-0.2, -0.15) is 0 Å². The molecule has 9 nitrogen and oxygen atoms in total. The number of amidine groups is 1. The number of para-hydroxylation sites is 1. The molecule has 236 valence electrons. The molecule has 2 aromatic rings. The first-order valence-electron chi connectivity index (χ1n) is 15.4. The van der Waals surface area contributed by atoms with Crippen molar-refractivity contribution in [3.63, 3.8) is 0 Å². The average molecular weight is 640 g/mol. The number of carbonyl (C=O) groups excluding carboxylic acids is 1. The fraction of sp³-hybridized carbons (Fsp3) is 0.455. The number of ether oxygens (including phenoxy) is 1. The Balaban J connectivity index is 1.50. The van der Waals surface area contributed by atoms with Gasteiger partial charge in [0, 0.05) is 31.1 Å². The molecule has 0 aromatic heterocycles. The normalized spacial score (nSPS) is 23.0. The van der Waals surface area contributed by atoms with Crippen LogP contribution in [0.1, 0.15) is 75.7 Å². The molecule has 1 amide bonds. The van der Waals surface area contributed by atoms with Crippen LogP contribution >= 0.6 is 11.6 Å². The molecule has 0 spiro atoms. The number of hydrogen-bond acceptors (Lipinski definition) is 8. The maximum absolute atomic E-state index is 13.6. The summed E-state index contributed by atoms with van der Waals surface area (Å²) in [6, 6.07) is 10.8. The standard InChI is InChI=1S/C33H42ClN5O4S/c1-21(2)43-29-17-23-20-39(24-11-10-16-35-19-24)33(40)25(23)18-28(29)36-31-15-7-5-6-12-26(34)32(38-31)37-27-13-8-9-14-30(27)44(41,42)22(3)4/h6,8-9,12-14,17-18,21-22,24,35,37H,5,7,10-11,15-16,19-20H2,1-4H3,(H,36,38)/b12-6-,32-26+/t24-/m1/s1. The number of carbonyl (C=O) groups is 1. The second-order valence-electron chi connectivity index (χ2n) is 12.0. The molecule has 3 aliphatic rings. The van der Waals surface area contributed by atoms with E-state index in [0.29, 0.717) is 52.3 Å². The van der Waals surface area contributed by atoms with Crippen LogP contribution < -0.4 is 20.7 Å². The van der Waals surface area contributed by atoms with Gasteiger partial charge in [-0.05, 0) is 95.8 Å². The van der Waals surface area contributed by atoms with Crippen molar-refractivity contribution in [3.8, 4) is 5.75 Å². The number of aliphatic imine (C=N–C) groups is 1. The highest BCUT2D eigenvalue weighted by Gasteiger charge is 2.34. The molecule has 1 fully saturated rings. The van der Waals surface area contributed by atoms with E-state index in [1.807, 2.05) is 37.0 Å². The summed E-state index contributed by atoms with van der Waals surface area (Å²) in [4.78, 5) is 20.6. The number of benzene rings is 2. The predicted molar refractivity (Wildman–Crippen MR) is 177 cm³/mol. The monoisotopic (exact) mass is 639 g/mol. The molecule has 0 aliphatic carbocycles. The van der Waals surface area contributed by atoms with E-state index in [1.54, 1.807) is 44.2 Å². The zero-order valence-electron chi connectivity index (χ0n) is 25.8. The number of hydrogen-bond donors (Lipinski definition) is 3. The number of fused-ring (bicyclic) bond motifs is 1. The van der Waals surface area contributed by atoms with E-state index in [-0.39, 0.29) is 22.9 Å². The molecule has 0 unspecified atom stereocenters. The first-order valence-corrected chi connectivity index (χ1v) is 17.3. The van der Waals surface area contributed by atoms with Crippen molar-refractivity contribution in [3.05, 3.63) is 70.5 Å². The van der Waals surface area contributed by atoms with E-state index in [9.17, 15) is 13.2 Å². The van der Waals surface area contributed by atoms with Gasteiger partial charge in [0.1, 0.15) is 11.6 Å². The number of rotatable bonds is 8. The summed E-state index contributed by atoms with van der Waals surface area (Å²) in [5, 5.41) is 9.83. The minimum absolute atomic E-state index is 0.0294. The molecule has 3 heterocycles. The molecule has 0 bridgehead atoms. The zero-order chi connectivity index (χ0) is 31.4. The Morgan fingerprint density at radius 2 is 1.89 bits per heavy atom. The fourth-order valence-corrected chi connectivity index (χ4v) is 7.02. The number of piperidine rings is 1. The highest BCUT2D eigenvalue weighted by atomic mass is 35.5. The number of nitrogens with one attached hydrogen (secondary N) is 3. The third-order valence-electron chi connectivity index (χ3n) is 7.98. The number of allylic oxidation sites excluding steroid dienone is 3. The van der Waals surface area contributed by atoms with E-state index in [4.69, 9.17) is 21.3 Å². The van der Waals surface area contributed by atoms with Crippen molar-refractivity contribution in [2.75, 3.05) is 23.7 Å². The van der Waals surface area contributed by atoms with E-state index in [0.717, 1.165) is 44.3 Å². The topological polar surface area (TPSA) is 112 Å². The smallest absolute Gasteiger partial charge is 0.254 e. The summed E-state index contributed by atoms with van der Waals surface area (Å²) in [6.45, 7) is 9.60. The zero-order valence-corrected chi connectivity index (χ0v) is 27.4. The first-order chi connectivity index (χ1) is 21.0. The van der Waals surface area contributed by atoms with Crippen LogP contribution in [-0.2, 0) is 16.4 Å². The van der Waals surface area contributed by atoms with Gasteiger partial charge in [-0.15, -0.1) is 0 Å². The molecular weight excluding hydrogens is 598 g/mol. The summed E-state index contributed by atoms with van der Waals surface area (Å²) in [6.07, 6.45) is 7.91. The Labute approximate surface area is 265 Å².